The second-order valence-corrected chi connectivity index (χ2v) is 6.79. The first kappa shape index (κ1) is 23.5. The Morgan fingerprint density at radius 1 is 1.20 bits per heavy atom. The molecule has 7 nitrogen and oxygen atoms in total. The van der Waals surface area contributed by atoms with Gasteiger partial charge in [0.05, 0.1) is 12.4 Å². The van der Waals surface area contributed by atoms with E-state index in [0.29, 0.717) is 5.69 Å². The summed E-state index contributed by atoms with van der Waals surface area (Å²) in [5.41, 5.74) is 1.83. The number of ether oxygens (including phenoxy) is 3. The number of aryl methyl sites for hydroxylation is 1. The van der Waals surface area contributed by atoms with Gasteiger partial charge in [0.1, 0.15) is 6.10 Å². The van der Waals surface area contributed by atoms with Gasteiger partial charge in [-0.05, 0) is 36.8 Å². The number of methoxy groups -OCH3 is 1. The maximum absolute atomic E-state index is 13.9. The number of hydrogen-bond acceptors (Lipinski definition) is 7. The number of rotatable bonds is 9. The van der Waals surface area contributed by atoms with Crippen molar-refractivity contribution in [3.63, 3.8) is 0 Å². The molecule has 0 aromatic heterocycles. The van der Waals surface area contributed by atoms with Crippen LogP contribution < -0.4 is 5.32 Å². The van der Waals surface area contributed by atoms with Crippen LogP contribution in [0, 0.1) is 12.7 Å². The molecule has 0 fully saturated rings. The predicted octanol–water partition coefficient (Wildman–Crippen LogP) is 4.01. The smallest absolute Gasteiger partial charge is 0.412 e. The van der Waals surface area contributed by atoms with E-state index in [2.05, 4.69) is 17.9 Å². The minimum Gasteiger partial charge on any atom is -0.505 e. The molecule has 0 bridgehead atoms. The number of amides is 1. The number of aromatic hydroxyl groups is 1. The van der Waals surface area contributed by atoms with Crippen molar-refractivity contribution < 1.29 is 33.3 Å². The van der Waals surface area contributed by atoms with Gasteiger partial charge in [0.25, 0.3) is 0 Å². The fourth-order valence-electron chi connectivity index (χ4n) is 2.69. The molecule has 1 amide bonds. The molecule has 2 aromatic carbocycles. The molecule has 0 radical (unpaired) electrons. The molecule has 9 heteroatoms. The van der Waals surface area contributed by atoms with Crippen molar-refractivity contribution in [1.82, 2.24) is 0 Å². The minimum atomic E-state index is -1.02. The van der Waals surface area contributed by atoms with Crippen LogP contribution >= 0.6 is 12.6 Å². The molecule has 0 aliphatic carbocycles. The second-order valence-electron chi connectivity index (χ2n) is 6.47. The van der Waals surface area contributed by atoms with Crippen LogP contribution in [0.1, 0.15) is 23.7 Å². The van der Waals surface area contributed by atoms with Crippen LogP contribution in [0.3, 0.4) is 0 Å². The molecule has 0 saturated carbocycles. The highest BCUT2D eigenvalue weighted by Gasteiger charge is 2.28. The number of carbonyl (C=O) groups excluding carboxylic acids is 2. The van der Waals surface area contributed by atoms with Crippen LogP contribution in [0.4, 0.5) is 14.9 Å². The summed E-state index contributed by atoms with van der Waals surface area (Å²) in [6, 6.07) is 10.7. The van der Waals surface area contributed by atoms with Crippen molar-refractivity contribution in [2.75, 3.05) is 24.8 Å². The summed E-state index contributed by atoms with van der Waals surface area (Å²) in [6.45, 7) is 1.92. The van der Waals surface area contributed by atoms with Crippen molar-refractivity contribution in [3.05, 3.63) is 59.4 Å². The average Bonchev–Trinajstić information content (AvgIpc) is 2.73. The van der Waals surface area contributed by atoms with E-state index < -0.39 is 35.8 Å². The van der Waals surface area contributed by atoms with Crippen molar-refractivity contribution in [2.24, 2.45) is 0 Å². The first-order valence-electron chi connectivity index (χ1n) is 9.16. The molecule has 162 valence electrons. The molecule has 0 aliphatic heterocycles. The standard InChI is InChI=1S/C21H24FNO6S/c1-13-3-6-15(7-4-13)23-21(26)29-20(14-5-8-17(24)16(22)11-14)18(27-2)9-10-28-19(25)12-30/h3-8,11,18,20,24,30H,9-10,12H2,1-2H3,(H,23,26)/t18-,20-/m1/s1. The van der Waals surface area contributed by atoms with Gasteiger partial charge in [0.2, 0.25) is 0 Å². The Bertz CT molecular complexity index is 861. The van der Waals surface area contributed by atoms with E-state index in [9.17, 15) is 19.1 Å². The summed E-state index contributed by atoms with van der Waals surface area (Å²) in [4.78, 5) is 23.8. The molecular weight excluding hydrogens is 413 g/mol. The number of thiol groups is 1. The maximum Gasteiger partial charge on any atom is 0.412 e. The minimum absolute atomic E-state index is 0.00208. The maximum atomic E-state index is 13.9. The number of phenols is 1. The van der Waals surface area contributed by atoms with Crippen molar-refractivity contribution in [2.45, 2.75) is 25.6 Å². The Kier molecular flexibility index (Phi) is 8.94. The van der Waals surface area contributed by atoms with Crippen LogP contribution in [0.15, 0.2) is 42.5 Å². The zero-order valence-electron chi connectivity index (χ0n) is 16.6. The van der Waals surface area contributed by atoms with E-state index >= 15 is 0 Å². The van der Waals surface area contributed by atoms with E-state index in [-0.39, 0.29) is 24.3 Å². The summed E-state index contributed by atoms with van der Waals surface area (Å²) in [5, 5.41) is 12.1. The van der Waals surface area contributed by atoms with Crippen molar-refractivity contribution in [1.29, 1.82) is 0 Å². The topological polar surface area (TPSA) is 94.1 Å². The third kappa shape index (κ3) is 6.93. The van der Waals surface area contributed by atoms with E-state index in [1.807, 2.05) is 19.1 Å². The SMILES string of the molecule is CO[C@H](CCOC(=O)CS)[C@H](OC(=O)Nc1ccc(C)cc1)c1ccc(O)c(F)c1. The Labute approximate surface area is 179 Å². The molecule has 2 aromatic rings. The molecule has 2 rings (SSSR count). The summed E-state index contributed by atoms with van der Waals surface area (Å²) < 4.78 is 29.8. The van der Waals surface area contributed by atoms with Gasteiger partial charge < -0.3 is 19.3 Å². The summed E-state index contributed by atoms with van der Waals surface area (Å²) in [5.74, 6) is -1.96. The number of carbonyl (C=O) groups is 2. The molecule has 0 unspecified atom stereocenters. The quantitative estimate of drug-likeness (QED) is 0.405. The number of phenolic OH excluding ortho intramolecular Hbond substituents is 1. The molecule has 2 N–H and O–H groups in total. The molecule has 0 saturated heterocycles. The Balaban J connectivity index is 2.18. The van der Waals surface area contributed by atoms with E-state index in [1.165, 1.54) is 13.2 Å². The summed E-state index contributed by atoms with van der Waals surface area (Å²) in [7, 11) is 1.40. The highest BCUT2D eigenvalue weighted by molar-refractivity contribution is 7.81. The number of halogens is 1. The van der Waals surface area contributed by atoms with Gasteiger partial charge >= 0.3 is 12.1 Å². The second kappa shape index (κ2) is 11.4. The van der Waals surface area contributed by atoms with Gasteiger partial charge in [0.15, 0.2) is 17.7 Å². The Morgan fingerprint density at radius 3 is 2.50 bits per heavy atom. The largest absolute Gasteiger partial charge is 0.505 e. The number of esters is 1. The van der Waals surface area contributed by atoms with Crippen LogP contribution in [0.25, 0.3) is 0 Å². The average molecular weight is 437 g/mol. The van der Waals surface area contributed by atoms with E-state index in [1.54, 1.807) is 12.1 Å². The number of hydrogen-bond donors (Lipinski definition) is 3. The van der Waals surface area contributed by atoms with Crippen LogP contribution in [0.2, 0.25) is 0 Å². The molecular formula is C21H24FNO6S. The van der Waals surface area contributed by atoms with Gasteiger partial charge in [-0.2, -0.15) is 12.6 Å². The Morgan fingerprint density at radius 2 is 1.90 bits per heavy atom. The normalized spacial score (nSPS) is 12.7. The zero-order chi connectivity index (χ0) is 22.1. The Hall–Kier alpha value is -2.78. The summed E-state index contributed by atoms with van der Waals surface area (Å²) in [6.07, 6.45) is -2.36. The third-order valence-corrected chi connectivity index (χ3v) is 4.53. The fraction of sp³-hybridized carbons (Fsp3) is 0.333. The fourth-order valence-corrected chi connectivity index (χ4v) is 2.78. The van der Waals surface area contributed by atoms with E-state index in [0.717, 1.165) is 17.7 Å². The molecule has 2 atom stereocenters. The van der Waals surface area contributed by atoms with Gasteiger partial charge in [-0.25, -0.2) is 9.18 Å². The van der Waals surface area contributed by atoms with E-state index in [4.69, 9.17) is 14.2 Å². The van der Waals surface area contributed by atoms with Gasteiger partial charge in [-0.3, -0.25) is 10.1 Å². The molecule has 0 aliphatic rings. The number of benzene rings is 2. The van der Waals surface area contributed by atoms with Crippen LogP contribution in [-0.2, 0) is 19.0 Å². The van der Waals surface area contributed by atoms with Crippen molar-refractivity contribution in [3.8, 4) is 5.75 Å². The highest BCUT2D eigenvalue weighted by Crippen LogP contribution is 2.29. The van der Waals surface area contributed by atoms with Crippen molar-refractivity contribution >= 4 is 30.4 Å². The van der Waals surface area contributed by atoms with Crippen LogP contribution in [0.5, 0.6) is 5.75 Å². The lowest BCUT2D eigenvalue weighted by Crippen LogP contribution is -2.29. The lowest BCUT2D eigenvalue weighted by Gasteiger charge is -2.26. The van der Waals surface area contributed by atoms with Gasteiger partial charge in [-0.1, -0.05) is 23.8 Å². The first-order chi connectivity index (χ1) is 14.3. The predicted molar refractivity (Wildman–Crippen MR) is 112 cm³/mol. The lowest BCUT2D eigenvalue weighted by atomic mass is 10.0. The third-order valence-electron chi connectivity index (χ3n) is 4.27. The lowest BCUT2D eigenvalue weighted by molar-refractivity contribution is -0.141. The van der Waals surface area contributed by atoms with Crippen LogP contribution in [-0.4, -0.2) is 42.7 Å². The summed E-state index contributed by atoms with van der Waals surface area (Å²) >= 11 is 3.83. The van der Waals surface area contributed by atoms with Gasteiger partial charge in [0, 0.05) is 19.2 Å². The number of anilines is 1. The monoisotopic (exact) mass is 437 g/mol. The highest BCUT2D eigenvalue weighted by atomic mass is 32.1. The first-order valence-corrected chi connectivity index (χ1v) is 9.79. The molecule has 30 heavy (non-hydrogen) atoms. The zero-order valence-corrected chi connectivity index (χ0v) is 17.5. The molecule has 0 heterocycles. The number of nitrogens with one attached hydrogen (secondary N) is 1. The molecule has 0 spiro atoms. The van der Waals surface area contributed by atoms with Gasteiger partial charge in [-0.15, -0.1) is 0 Å².